The molecule has 1 aliphatic rings. The van der Waals surface area contributed by atoms with Crippen LogP contribution >= 0.6 is 0 Å². The summed E-state index contributed by atoms with van der Waals surface area (Å²) in [4.78, 5) is 30.2. The lowest BCUT2D eigenvalue weighted by Crippen LogP contribution is -2.49. The van der Waals surface area contributed by atoms with Gasteiger partial charge in [0.15, 0.2) is 11.6 Å². The Balaban J connectivity index is 1.16. The first kappa shape index (κ1) is 23.3. The molecule has 0 aromatic carbocycles. The van der Waals surface area contributed by atoms with Gasteiger partial charge < -0.3 is 19.9 Å². The molecule has 1 saturated heterocycles. The molecule has 0 unspecified atom stereocenters. The highest BCUT2D eigenvalue weighted by molar-refractivity contribution is 5.68. The number of aromatic amines is 1. The average molecular weight is 489 g/mol. The molecule has 0 aliphatic carbocycles. The maximum absolute atomic E-state index is 12.8. The van der Waals surface area contributed by atoms with Crippen LogP contribution in [-0.4, -0.2) is 72.1 Å². The van der Waals surface area contributed by atoms with Gasteiger partial charge in [0.25, 0.3) is 0 Å². The molecule has 1 amide bonds. The normalized spacial score (nSPS) is 14.5. The van der Waals surface area contributed by atoms with Crippen LogP contribution in [0, 0.1) is 13.8 Å². The van der Waals surface area contributed by atoms with Gasteiger partial charge in [-0.05, 0) is 32.9 Å². The van der Waals surface area contributed by atoms with Crippen LogP contribution in [0.5, 0.6) is 0 Å². The summed E-state index contributed by atoms with van der Waals surface area (Å²) in [5.41, 5.74) is 2.62. The number of carbonyl (C=O) groups excluding carboxylic acids is 1. The summed E-state index contributed by atoms with van der Waals surface area (Å²) >= 11 is 0. The summed E-state index contributed by atoms with van der Waals surface area (Å²) in [5.74, 6) is 2.69. The Morgan fingerprint density at radius 2 is 1.94 bits per heavy atom. The Hall–Kier alpha value is -4.48. The molecule has 1 atom stereocenters. The zero-order valence-corrected chi connectivity index (χ0v) is 20.4. The van der Waals surface area contributed by atoms with Crippen molar-refractivity contribution in [3.05, 3.63) is 65.9 Å². The predicted octanol–water partition coefficient (Wildman–Crippen LogP) is 3.16. The van der Waals surface area contributed by atoms with Crippen LogP contribution in [0.1, 0.15) is 30.0 Å². The Morgan fingerprint density at radius 3 is 2.61 bits per heavy atom. The van der Waals surface area contributed by atoms with Gasteiger partial charge in [-0.15, -0.1) is 0 Å². The maximum Gasteiger partial charge on any atom is 0.410 e. The molecule has 4 aromatic heterocycles. The van der Waals surface area contributed by atoms with Crippen LogP contribution in [0.3, 0.4) is 0 Å². The van der Waals surface area contributed by atoms with Crippen molar-refractivity contribution < 1.29 is 9.53 Å². The molecule has 1 aliphatic heterocycles. The van der Waals surface area contributed by atoms with E-state index in [-0.39, 0.29) is 6.09 Å². The van der Waals surface area contributed by atoms with Gasteiger partial charge in [-0.2, -0.15) is 15.2 Å². The number of anilines is 3. The maximum atomic E-state index is 12.8. The summed E-state index contributed by atoms with van der Waals surface area (Å²) in [6.07, 6.45) is 4.46. The van der Waals surface area contributed by atoms with E-state index >= 15 is 0 Å². The highest BCUT2D eigenvalue weighted by Crippen LogP contribution is 2.21. The number of carbonyl (C=O) groups is 1. The van der Waals surface area contributed by atoms with E-state index in [4.69, 9.17) is 4.74 Å². The first-order valence-corrected chi connectivity index (χ1v) is 11.8. The van der Waals surface area contributed by atoms with Gasteiger partial charge in [-0.1, -0.05) is 6.07 Å². The Labute approximate surface area is 208 Å². The minimum absolute atomic E-state index is 0.347. The van der Waals surface area contributed by atoms with Crippen LogP contribution in [-0.2, 0) is 4.74 Å². The molecular formula is C24H28N10O2. The SMILES string of the molecule is Cc1cc(Nc2cc(C)[nH]n2)nc(N2CCN(C(=O)O[C@H](C)c3ccc(-n4cccn4)nc3)CC2)n1. The van der Waals surface area contributed by atoms with Crippen molar-refractivity contribution in [1.82, 2.24) is 39.8 Å². The first-order chi connectivity index (χ1) is 17.4. The van der Waals surface area contributed by atoms with Crippen molar-refractivity contribution in [2.45, 2.75) is 26.9 Å². The molecule has 1 fully saturated rings. The summed E-state index contributed by atoms with van der Waals surface area (Å²) in [6.45, 7) is 7.95. The number of aromatic nitrogens is 7. The summed E-state index contributed by atoms with van der Waals surface area (Å²) < 4.78 is 7.38. The number of amides is 1. The third-order valence-electron chi connectivity index (χ3n) is 5.88. The Bertz CT molecular complexity index is 1310. The average Bonchev–Trinajstić information content (AvgIpc) is 3.56. The minimum Gasteiger partial charge on any atom is -0.441 e. The third-order valence-corrected chi connectivity index (χ3v) is 5.88. The number of hydrogen-bond acceptors (Lipinski definition) is 9. The highest BCUT2D eigenvalue weighted by atomic mass is 16.6. The fourth-order valence-electron chi connectivity index (χ4n) is 3.93. The predicted molar refractivity (Wildman–Crippen MR) is 133 cm³/mol. The lowest BCUT2D eigenvalue weighted by molar-refractivity contribution is 0.0678. The van der Waals surface area contributed by atoms with Crippen molar-refractivity contribution in [1.29, 1.82) is 0 Å². The quantitative estimate of drug-likeness (QED) is 0.420. The van der Waals surface area contributed by atoms with E-state index in [1.807, 2.05) is 57.3 Å². The lowest BCUT2D eigenvalue weighted by Gasteiger charge is -2.34. The molecule has 0 bridgehead atoms. The van der Waals surface area contributed by atoms with Crippen molar-refractivity contribution in [3.63, 3.8) is 0 Å². The zero-order chi connectivity index (χ0) is 25.1. The van der Waals surface area contributed by atoms with E-state index < -0.39 is 6.10 Å². The van der Waals surface area contributed by atoms with Gasteiger partial charge in [-0.3, -0.25) is 5.10 Å². The number of H-pyrrole nitrogens is 1. The second-order valence-electron chi connectivity index (χ2n) is 8.66. The second kappa shape index (κ2) is 10.0. The number of hydrogen-bond donors (Lipinski definition) is 2. The molecule has 5 heterocycles. The lowest BCUT2D eigenvalue weighted by atomic mass is 10.2. The minimum atomic E-state index is -0.422. The number of piperazine rings is 1. The topological polar surface area (TPSA) is 130 Å². The number of rotatable bonds is 6. The summed E-state index contributed by atoms with van der Waals surface area (Å²) in [7, 11) is 0. The van der Waals surface area contributed by atoms with Gasteiger partial charge in [0.1, 0.15) is 11.9 Å². The molecule has 12 nitrogen and oxygen atoms in total. The molecule has 12 heteroatoms. The van der Waals surface area contributed by atoms with E-state index in [1.165, 1.54) is 0 Å². The number of pyridine rings is 1. The molecule has 5 rings (SSSR count). The van der Waals surface area contributed by atoms with E-state index in [2.05, 4.69) is 40.5 Å². The number of ether oxygens (including phenoxy) is 1. The highest BCUT2D eigenvalue weighted by Gasteiger charge is 2.25. The van der Waals surface area contributed by atoms with Crippen LogP contribution < -0.4 is 10.2 Å². The molecule has 0 radical (unpaired) electrons. The van der Waals surface area contributed by atoms with Gasteiger partial charge in [0, 0.05) is 73.9 Å². The molecule has 36 heavy (non-hydrogen) atoms. The molecular weight excluding hydrogens is 460 g/mol. The smallest absolute Gasteiger partial charge is 0.410 e. The Morgan fingerprint density at radius 1 is 1.11 bits per heavy atom. The summed E-state index contributed by atoms with van der Waals surface area (Å²) in [6, 6.07) is 9.36. The van der Waals surface area contributed by atoms with Crippen molar-refractivity contribution in [2.75, 3.05) is 36.4 Å². The molecule has 0 saturated carbocycles. The fraction of sp³-hybridized carbons (Fsp3) is 0.333. The number of nitrogens with one attached hydrogen (secondary N) is 2. The molecule has 186 valence electrons. The summed E-state index contributed by atoms with van der Waals surface area (Å²) in [5, 5.41) is 14.5. The molecule has 2 N–H and O–H groups in total. The van der Waals surface area contributed by atoms with E-state index in [9.17, 15) is 4.79 Å². The zero-order valence-electron chi connectivity index (χ0n) is 20.4. The van der Waals surface area contributed by atoms with Crippen molar-refractivity contribution in [3.8, 4) is 5.82 Å². The van der Waals surface area contributed by atoms with E-state index in [0.29, 0.717) is 49.6 Å². The van der Waals surface area contributed by atoms with Gasteiger partial charge in [0.05, 0.1) is 0 Å². The fourth-order valence-corrected chi connectivity index (χ4v) is 3.93. The van der Waals surface area contributed by atoms with Crippen LogP contribution in [0.25, 0.3) is 5.82 Å². The second-order valence-corrected chi connectivity index (χ2v) is 8.66. The third kappa shape index (κ3) is 5.27. The number of aryl methyl sites for hydroxylation is 2. The van der Waals surface area contributed by atoms with E-state index in [0.717, 1.165) is 17.0 Å². The Kier molecular flexibility index (Phi) is 6.48. The first-order valence-electron chi connectivity index (χ1n) is 11.8. The molecule has 0 spiro atoms. The number of nitrogens with zero attached hydrogens (tertiary/aromatic N) is 8. The van der Waals surface area contributed by atoms with Gasteiger partial charge in [0.2, 0.25) is 5.95 Å². The van der Waals surface area contributed by atoms with E-state index in [1.54, 1.807) is 22.0 Å². The molecule has 4 aromatic rings. The van der Waals surface area contributed by atoms with Crippen LogP contribution in [0.2, 0.25) is 0 Å². The van der Waals surface area contributed by atoms with Gasteiger partial charge >= 0.3 is 6.09 Å². The van der Waals surface area contributed by atoms with Crippen molar-refractivity contribution >= 4 is 23.7 Å². The largest absolute Gasteiger partial charge is 0.441 e. The van der Waals surface area contributed by atoms with Crippen molar-refractivity contribution in [2.24, 2.45) is 0 Å². The standard InChI is InChI=1S/C24H28N10O2/c1-16-13-20(28-21-14-17(2)30-31-21)29-23(27-16)32-9-11-33(12-10-32)24(35)36-18(3)19-5-6-22(25-15-19)34-8-4-7-26-34/h4-8,13-15,18H,9-12H2,1-3H3,(H2,27,28,29,30,31)/t18-/m1/s1. The van der Waals surface area contributed by atoms with Gasteiger partial charge in [-0.25, -0.2) is 19.4 Å². The van der Waals surface area contributed by atoms with Crippen LogP contribution in [0.4, 0.5) is 22.4 Å². The van der Waals surface area contributed by atoms with Crippen LogP contribution in [0.15, 0.2) is 48.9 Å². The monoisotopic (exact) mass is 488 g/mol.